The molecule has 0 aromatic heterocycles. The van der Waals surface area contributed by atoms with Gasteiger partial charge in [0.05, 0.1) is 0 Å². The molecule has 1 atom stereocenters. The van der Waals surface area contributed by atoms with Crippen molar-refractivity contribution in [3.8, 4) is 11.5 Å². The normalized spacial score (nSPS) is 13.4. The third-order valence-electron chi connectivity index (χ3n) is 3.72. The Morgan fingerprint density at radius 2 is 1.91 bits per heavy atom. The molecule has 2 aromatic rings. The van der Waals surface area contributed by atoms with Gasteiger partial charge in [0, 0.05) is 17.8 Å². The van der Waals surface area contributed by atoms with Crippen LogP contribution in [0.2, 0.25) is 0 Å². The Morgan fingerprint density at radius 3 is 2.74 bits per heavy atom. The van der Waals surface area contributed by atoms with Gasteiger partial charge in [0.1, 0.15) is 0 Å². The maximum Gasteiger partial charge on any atom is 0.231 e. The first kappa shape index (κ1) is 15.6. The Balaban J connectivity index is 1.47. The predicted molar refractivity (Wildman–Crippen MR) is 96.1 cm³/mol. The molecule has 2 N–H and O–H groups in total. The smallest absolute Gasteiger partial charge is 0.231 e. The minimum Gasteiger partial charge on any atom is -0.454 e. The van der Waals surface area contributed by atoms with Crippen molar-refractivity contribution in [1.82, 2.24) is 5.32 Å². The lowest BCUT2D eigenvalue weighted by atomic mass is 10.1. The summed E-state index contributed by atoms with van der Waals surface area (Å²) in [5.74, 6) is 1.51. The number of aryl methyl sites for hydroxylation is 1. The largest absolute Gasteiger partial charge is 0.454 e. The van der Waals surface area contributed by atoms with Gasteiger partial charge in [-0.05, 0) is 49.7 Å². The molecule has 0 saturated carbocycles. The Kier molecular flexibility index (Phi) is 4.98. The summed E-state index contributed by atoms with van der Waals surface area (Å²) in [7, 11) is 0. The molecule has 5 heteroatoms. The molecule has 1 heterocycles. The summed E-state index contributed by atoms with van der Waals surface area (Å²) >= 11 is 5.38. The Bertz CT molecular complexity index is 676. The van der Waals surface area contributed by atoms with Crippen LogP contribution in [-0.2, 0) is 6.42 Å². The lowest BCUT2D eigenvalue weighted by Crippen LogP contribution is -2.36. The number of fused-ring (bicyclic) bond motifs is 1. The van der Waals surface area contributed by atoms with Crippen LogP contribution >= 0.6 is 12.2 Å². The van der Waals surface area contributed by atoms with Crippen molar-refractivity contribution in [2.45, 2.75) is 25.8 Å². The third-order valence-corrected chi connectivity index (χ3v) is 3.94. The number of hydrogen-bond donors (Lipinski definition) is 2. The summed E-state index contributed by atoms with van der Waals surface area (Å²) in [4.78, 5) is 0. The number of ether oxygens (including phenoxy) is 2. The van der Waals surface area contributed by atoms with E-state index in [2.05, 4.69) is 41.8 Å². The average molecular weight is 328 g/mol. The highest BCUT2D eigenvalue weighted by molar-refractivity contribution is 7.80. The van der Waals surface area contributed by atoms with Crippen LogP contribution in [0.4, 0.5) is 5.69 Å². The highest BCUT2D eigenvalue weighted by Gasteiger charge is 2.13. The van der Waals surface area contributed by atoms with Gasteiger partial charge in [-0.1, -0.05) is 30.3 Å². The van der Waals surface area contributed by atoms with Gasteiger partial charge in [-0.15, -0.1) is 0 Å². The maximum absolute atomic E-state index is 5.38. The lowest BCUT2D eigenvalue weighted by Gasteiger charge is -2.17. The number of nitrogens with one attached hydrogen (secondary N) is 2. The molecule has 4 nitrogen and oxygen atoms in total. The molecule has 1 aliphatic heterocycles. The second-order valence-electron chi connectivity index (χ2n) is 5.59. The highest BCUT2D eigenvalue weighted by Crippen LogP contribution is 2.34. The van der Waals surface area contributed by atoms with E-state index in [0.717, 1.165) is 30.0 Å². The van der Waals surface area contributed by atoms with Crippen molar-refractivity contribution in [1.29, 1.82) is 0 Å². The van der Waals surface area contributed by atoms with Gasteiger partial charge in [-0.25, -0.2) is 0 Å². The molecule has 0 aliphatic carbocycles. The van der Waals surface area contributed by atoms with E-state index in [0.29, 0.717) is 11.2 Å². The summed E-state index contributed by atoms with van der Waals surface area (Å²) in [5.41, 5.74) is 2.23. The van der Waals surface area contributed by atoms with Crippen molar-refractivity contribution in [2.75, 3.05) is 12.1 Å². The van der Waals surface area contributed by atoms with Crippen molar-refractivity contribution >= 4 is 23.0 Å². The van der Waals surface area contributed by atoms with Crippen molar-refractivity contribution in [2.24, 2.45) is 0 Å². The van der Waals surface area contributed by atoms with Crippen LogP contribution in [0.5, 0.6) is 11.5 Å². The number of benzene rings is 2. The first-order valence-corrected chi connectivity index (χ1v) is 8.12. The first-order valence-electron chi connectivity index (χ1n) is 7.72. The van der Waals surface area contributed by atoms with E-state index in [9.17, 15) is 0 Å². The van der Waals surface area contributed by atoms with Gasteiger partial charge in [-0.3, -0.25) is 0 Å². The number of hydrogen-bond acceptors (Lipinski definition) is 3. The van der Waals surface area contributed by atoms with Gasteiger partial charge in [-0.2, -0.15) is 0 Å². The SMILES string of the molecule is C[C@H](CCc1ccccc1)NC(=S)Nc1ccc2c(c1)OCO2. The molecule has 1 aliphatic rings. The molecule has 0 fully saturated rings. The minimum absolute atomic E-state index is 0.276. The average Bonchev–Trinajstić information content (AvgIpc) is 3.01. The quantitative estimate of drug-likeness (QED) is 0.819. The topological polar surface area (TPSA) is 42.5 Å². The van der Waals surface area contributed by atoms with Crippen molar-refractivity contribution in [3.63, 3.8) is 0 Å². The monoisotopic (exact) mass is 328 g/mol. The molecule has 2 aromatic carbocycles. The van der Waals surface area contributed by atoms with Crippen molar-refractivity contribution in [3.05, 3.63) is 54.1 Å². The van der Waals surface area contributed by atoms with Crippen LogP contribution in [0.15, 0.2) is 48.5 Å². The molecule has 0 saturated heterocycles. The van der Waals surface area contributed by atoms with Gasteiger partial charge >= 0.3 is 0 Å². The molecular weight excluding hydrogens is 308 g/mol. The third kappa shape index (κ3) is 4.36. The predicted octanol–water partition coefficient (Wildman–Crippen LogP) is 3.72. The molecule has 0 radical (unpaired) electrons. The lowest BCUT2D eigenvalue weighted by molar-refractivity contribution is 0.174. The van der Waals surface area contributed by atoms with E-state index < -0.39 is 0 Å². The van der Waals surface area contributed by atoms with Crippen LogP contribution < -0.4 is 20.1 Å². The second kappa shape index (κ2) is 7.33. The van der Waals surface area contributed by atoms with Crippen LogP contribution in [0.1, 0.15) is 18.9 Å². The van der Waals surface area contributed by atoms with E-state index in [1.807, 2.05) is 24.3 Å². The Morgan fingerprint density at radius 1 is 1.13 bits per heavy atom. The molecule has 23 heavy (non-hydrogen) atoms. The van der Waals surface area contributed by atoms with Crippen LogP contribution in [0.3, 0.4) is 0 Å². The number of rotatable bonds is 5. The fourth-order valence-electron chi connectivity index (χ4n) is 2.47. The van der Waals surface area contributed by atoms with Crippen molar-refractivity contribution < 1.29 is 9.47 Å². The second-order valence-corrected chi connectivity index (χ2v) is 6.00. The fraction of sp³-hybridized carbons (Fsp3) is 0.278. The van der Waals surface area contributed by atoms with Crippen LogP contribution in [-0.4, -0.2) is 17.9 Å². The first-order chi connectivity index (χ1) is 11.2. The van der Waals surface area contributed by atoms with Gasteiger partial charge in [0.25, 0.3) is 0 Å². The van der Waals surface area contributed by atoms with Crippen LogP contribution in [0.25, 0.3) is 0 Å². The van der Waals surface area contributed by atoms with E-state index in [-0.39, 0.29) is 6.79 Å². The molecule has 3 rings (SSSR count). The fourth-order valence-corrected chi connectivity index (χ4v) is 2.78. The highest BCUT2D eigenvalue weighted by atomic mass is 32.1. The molecular formula is C18H20N2O2S. The number of thiocarbonyl (C=S) groups is 1. The van der Waals surface area contributed by atoms with E-state index in [1.54, 1.807) is 0 Å². The Labute approximate surface area is 141 Å². The summed E-state index contributed by atoms with van der Waals surface area (Å²) in [6, 6.07) is 16.5. The van der Waals surface area contributed by atoms with Gasteiger partial charge in [0.15, 0.2) is 16.6 Å². The molecule has 0 spiro atoms. The number of anilines is 1. The minimum atomic E-state index is 0.276. The zero-order valence-corrected chi connectivity index (χ0v) is 13.9. The zero-order valence-electron chi connectivity index (χ0n) is 13.0. The van der Waals surface area contributed by atoms with E-state index in [1.165, 1.54) is 5.56 Å². The molecule has 0 bridgehead atoms. The van der Waals surface area contributed by atoms with Gasteiger partial charge < -0.3 is 20.1 Å². The molecule has 0 amide bonds. The standard InChI is InChI=1S/C18H20N2O2S/c1-13(7-8-14-5-3-2-4-6-14)19-18(23)20-15-9-10-16-17(11-15)22-12-21-16/h2-6,9-11,13H,7-8,12H2,1H3,(H2,19,20,23)/t13-/m1/s1. The van der Waals surface area contributed by atoms with E-state index in [4.69, 9.17) is 21.7 Å². The molecule has 120 valence electrons. The van der Waals surface area contributed by atoms with E-state index >= 15 is 0 Å². The van der Waals surface area contributed by atoms with Gasteiger partial charge in [0.2, 0.25) is 6.79 Å². The summed E-state index contributed by atoms with van der Waals surface area (Å²) in [6.45, 7) is 2.41. The Hall–Kier alpha value is -2.27. The summed E-state index contributed by atoms with van der Waals surface area (Å²) in [6.07, 6.45) is 2.05. The zero-order chi connectivity index (χ0) is 16.1. The summed E-state index contributed by atoms with van der Waals surface area (Å²) < 4.78 is 10.7. The molecule has 0 unspecified atom stereocenters. The maximum atomic E-state index is 5.38. The summed E-state index contributed by atoms with van der Waals surface area (Å²) in [5, 5.41) is 7.12. The van der Waals surface area contributed by atoms with Crippen LogP contribution in [0, 0.1) is 0 Å².